The Morgan fingerprint density at radius 2 is 1.71 bits per heavy atom. The molecule has 3 aromatic rings. The maximum Gasteiger partial charge on any atom is 0.283 e. The Hall–Kier alpha value is -3.71. The molecule has 6 nitrogen and oxygen atoms in total. The summed E-state index contributed by atoms with van der Waals surface area (Å²) < 4.78 is 2.18. The Labute approximate surface area is 203 Å². The van der Waals surface area contributed by atoms with Crippen molar-refractivity contribution in [3.63, 3.8) is 0 Å². The van der Waals surface area contributed by atoms with Crippen LogP contribution in [-0.2, 0) is 11.2 Å². The lowest BCUT2D eigenvalue weighted by molar-refractivity contribution is -0.114. The second-order valence-electron chi connectivity index (χ2n) is 8.68. The minimum atomic E-state index is -0.406. The summed E-state index contributed by atoms with van der Waals surface area (Å²) >= 11 is 1.35. The van der Waals surface area contributed by atoms with E-state index in [0.717, 1.165) is 33.2 Å². The quantitative estimate of drug-likeness (QED) is 0.510. The zero-order valence-electron chi connectivity index (χ0n) is 19.6. The first-order valence-corrected chi connectivity index (χ1v) is 11.9. The number of hydrogen-bond acceptors (Lipinski definition) is 4. The second kappa shape index (κ2) is 8.57. The molecule has 2 aliphatic heterocycles. The van der Waals surface area contributed by atoms with Crippen LogP contribution >= 0.6 is 11.8 Å². The molecule has 2 aliphatic rings. The molecule has 7 heteroatoms. The van der Waals surface area contributed by atoms with Crippen molar-refractivity contribution >= 4 is 39.8 Å². The molecule has 170 valence electrons. The molecule has 1 aromatic heterocycles. The van der Waals surface area contributed by atoms with E-state index in [0.29, 0.717) is 11.6 Å². The highest BCUT2D eigenvalue weighted by Crippen LogP contribution is 2.31. The van der Waals surface area contributed by atoms with Gasteiger partial charge >= 0.3 is 0 Å². The van der Waals surface area contributed by atoms with Crippen LogP contribution in [0.25, 0.3) is 11.8 Å². The average molecular weight is 468 g/mol. The van der Waals surface area contributed by atoms with E-state index < -0.39 is 5.91 Å². The standard InChI is InChI=1S/C27H25N5OS/c1-16-10-17(2)12-22(11-16)31-18(3)13-21(19(31)4)15-23-25(28)32-27(29-26(23)33)34-24(30-32)14-20-8-6-5-7-9-20/h5-13,15,28H,14H2,1-4H3. The van der Waals surface area contributed by atoms with E-state index in [9.17, 15) is 4.79 Å². The van der Waals surface area contributed by atoms with Gasteiger partial charge in [0, 0.05) is 23.5 Å². The fourth-order valence-electron chi connectivity index (χ4n) is 4.44. The zero-order valence-corrected chi connectivity index (χ0v) is 20.4. The number of nitrogens with zero attached hydrogens (tertiary/aromatic N) is 4. The number of aliphatic imine (C=N–C) groups is 1. The molecule has 2 aromatic carbocycles. The van der Waals surface area contributed by atoms with E-state index in [1.807, 2.05) is 50.2 Å². The Kier molecular flexibility index (Phi) is 5.57. The third-order valence-corrected chi connectivity index (χ3v) is 6.84. The molecule has 3 heterocycles. The Balaban J connectivity index is 1.47. The van der Waals surface area contributed by atoms with Gasteiger partial charge in [-0.2, -0.15) is 15.1 Å². The first-order chi connectivity index (χ1) is 16.3. The van der Waals surface area contributed by atoms with Gasteiger partial charge in [0.05, 0.1) is 5.57 Å². The summed E-state index contributed by atoms with van der Waals surface area (Å²) in [5.74, 6) is -0.349. The maximum absolute atomic E-state index is 12.9. The van der Waals surface area contributed by atoms with Crippen molar-refractivity contribution in [3.8, 4) is 5.69 Å². The van der Waals surface area contributed by atoms with E-state index in [4.69, 9.17) is 5.41 Å². The van der Waals surface area contributed by atoms with E-state index in [2.05, 4.69) is 46.7 Å². The lowest BCUT2D eigenvalue weighted by Crippen LogP contribution is -2.35. The number of thioether (sulfide) groups is 1. The van der Waals surface area contributed by atoms with Gasteiger partial charge in [0.1, 0.15) is 5.04 Å². The van der Waals surface area contributed by atoms with Crippen molar-refractivity contribution in [3.05, 3.63) is 93.8 Å². The molecule has 0 bridgehead atoms. The van der Waals surface area contributed by atoms with Crippen molar-refractivity contribution in [2.45, 2.75) is 34.1 Å². The van der Waals surface area contributed by atoms with E-state index in [1.165, 1.54) is 27.9 Å². The summed E-state index contributed by atoms with van der Waals surface area (Å²) in [5, 5.41) is 16.0. The fraction of sp³-hybridized carbons (Fsp3) is 0.185. The molecule has 0 spiro atoms. The molecule has 1 N–H and O–H groups in total. The van der Waals surface area contributed by atoms with E-state index in [1.54, 1.807) is 6.08 Å². The van der Waals surface area contributed by atoms with Gasteiger partial charge < -0.3 is 4.57 Å². The number of aromatic nitrogens is 1. The molecule has 5 rings (SSSR count). The van der Waals surface area contributed by atoms with Gasteiger partial charge in [-0.25, -0.2) is 0 Å². The number of fused-ring (bicyclic) bond motifs is 1. The normalized spacial score (nSPS) is 16.7. The molecular weight excluding hydrogens is 442 g/mol. The van der Waals surface area contributed by atoms with Crippen molar-refractivity contribution < 1.29 is 4.79 Å². The number of hydrogen-bond donors (Lipinski definition) is 1. The van der Waals surface area contributed by atoms with Crippen LogP contribution in [0.3, 0.4) is 0 Å². The van der Waals surface area contributed by atoms with Crippen molar-refractivity contribution in [2.75, 3.05) is 0 Å². The van der Waals surface area contributed by atoms with Crippen LogP contribution in [0, 0.1) is 33.1 Å². The lowest BCUT2D eigenvalue weighted by atomic mass is 10.1. The van der Waals surface area contributed by atoms with Crippen LogP contribution in [0.5, 0.6) is 0 Å². The van der Waals surface area contributed by atoms with Crippen LogP contribution < -0.4 is 0 Å². The maximum atomic E-state index is 12.9. The smallest absolute Gasteiger partial charge is 0.283 e. The summed E-state index contributed by atoms with van der Waals surface area (Å²) in [7, 11) is 0. The number of amidine groups is 2. The Morgan fingerprint density at radius 3 is 2.41 bits per heavy atom. The minimum Gasteiger partial charge on any atom is -0.318 e. The predicted octanol–water partition coefficient (Wildman–Crippen LogP) is 5.57. The number of amides is 1. The number of carbonyl (C=O) groups is 1. The second-order valence-corrected chi connectivity index (χ2v) is 9.72. The molecule has 0 aliphatic carbocycles. The number of nitrogens with one attached hydrogen (secondary N) is 1. The summed E-state index contributed by atoms with van der Waals surface area (Å²) in [6.07, 6.45) is 2.40. The molecule has 1 amide bonds. The van der Waals surface area contributed by atoms with Crippen LogP contribution in [0.4, 0.5) is 0 Å². The third kappa shape index (κ3) is 4.03. The number of rotatable bonds is 4. The molecule has 0 unspecified atom stereocenters. The van der Waals surface area contributed by atoms with Gasteiger partial charge in [0.15, 0.2) is 5.84 Å². The van der Waals surface area contributed by atoms with Crippen LogP contribution in [0.2, 0.25) is 0 Å². The van der Waals surface area contributed by atoms with Crippen LogP contribution in [0.15, 0.2) is 70.3 Å². The van der Waals surface area contributed by atoms with Crippen molar-refractivity contribution in [2.24, 2.45) is 10.1 Å². The molecule has 0 atom stereocenters. The minimum absolute atomic E-state index is 0.0572. The summed E-state index contributed by atoms with van der Waals surface area (Å²) in [4.78, 5) is 17.1. The van der Waals surface area contributed by atoms with E-state index in [-0.39, 0.29) is 11.4 Å². The van der Waals surface area contributed by atoms with Gasteiger partial charge in [0.2, 0.25) is 5.17 Å². The highest BCUT2D eigenvalue weighted by molar-refractivity contribution is 8.26. The topological polar surface area (TPSA) is 73.8 Å². The number of carbonyl (C=O) groups excluding carboxylic acids is 1. The van der Waals surface area contributed by atoms with Crippen LogP contribution in [0.1, 0.15) is 33.6 Å². The lowest BCUT2D eigenvalue weighted by Gasteiger charge is -2.20. The summed E-state index contributed by atoms with van der Waals surface area (Å²) in [6, 6.07) is 18.5. The van der Waals surface area contributed by atoms with Gasteiger partial charge in [-0.05, 0) is 86.0 Å². The highest BCUT2D eigenvalue weighted by Gasteiger charge is 2.35. The molecule has 34 heavy (non-hydrogen) atoms. The largest absolute Gasteiger partial charge is 0.318 e. The Bertz CT molecular complexity index is 1410. The predicted molar refractivity (Wildman–Crippen MR) is 140 cm³/mol. The Morgan fingerprint density at radius 1 is 1.00 bits per heavy atom. The van der Waals surface area contributed by atoms with Crippen molar-refractivity contribution in [1.82, 2.24) is 9.58 Å². The molecular formula is C27H25N5OS. The summed E-state index contributed by atoms with van der Waals surface area (Å²) in [6.45, 7) is 8.26. The van der Waals surface area contributed by atoms with Crippen molar-refractivity contribution in [1.29, 1.82) is 5.41 Å². The number of benzene rings is 2. The first kappa shape index (κ1) is 22.1. The molecule has 0 saturated heterocycles. The SMILES string of the molecule is Cc1cc(C)cc(-n2c(C)cc(C=C3C(=N)N4N=C(Cc5ccccc5)SC4=NC3=O)c2C)c1. The zero-order chi connectivity index (χ0) is 24.0. The van der Waals surface area contributed by atoms with E-state index >= 15 is 0 Å². The number of aryl methyl sites for hydroxylation is 3. The summed E-state index contributed by atoms with van der Waals surface area (Å²) in [5.41, 5.74) is 7.82. The monoisotopic (exact) mass is 467 g/mol. The van der Waals surface area contributed by atoms with Gasteiger partial charge in [0.25, 0.3) is 5.91 Å². The average Bonchev–Trinajstić information content (AvgIpc) is 3.30. The number of hydrazone groups is 1. The first-order valence-electron chi connectivity index (χ1n) is 11.1. The highest BCUT2D eigenvalue weighted by atomic mass is 32.2. The van der Waals surface area contributed by atoms with Gasteiger partial charge in [-0.1, -0.05) is 36.4 Å². The van der Waals surface area contributed by atoms with Crippen LogP contribution in [-0.4, -0.2) is 31.5 Å². The molecule has 0 fully saturated rings. The fourth-order valence-corrected chi connectivity index (χ4v) is 5.36. The third-order valence-electron chi connectivity index (χ3n) is 5.93. The molecule has 0 saturated carbocycles. The van der Waals surface area contributed by atoms with Gasteiger partial charge in [-0.15, -0.1) is 0 Å². The van der Waals surface area contributed by atoms with Gasteiger partial charge in [-0.3, -0.25) is 10.2 Å². The molecule has 0 radical (unpaired) electrons.